The van der Waals surface area contributed by atoms with Gasteiger partial charge in [-0.05, 0) is 31.7 Å². The summed E-state index contributed by atoms with van der Waals surface area (Å²) < 4.78 is 6.34. The van der Waals surface area contributed by atoms with Crippen LogP contribution in [0, 0.1) is 5.92 Å². The van der Waals surface area contributed by atoms with Crippen LogP contribution >= 0.6 is 11.6 Å². The number of hydrogen-bond donors (Lipinski definition) is 1. The molecule has 0 heterocycles. The van der Waals surface area contributed by atoms with Crippen molar-refractivity contribution in [3.63, 3.8) is 0 Å². The van der Waals surface area contributed by atoms with Crippen molar-refractivity contribution in [1.29, 1.82) is 0 Å². The van der Waals surface area contributed by atoms with E-state index >= 15 is 0 Å². The summed E-state index contributed by atoms with van der Waals surface area (Å²) in [7, 11) is 0. The van der Waals surface area contributed by atoms with Gasteiger partial charge in [-0.1, -0.05) is 56.0 Å². The van der Waals surface area contributed by atoms with E-state index in [2.05, 4.69) is 6.92 Å². The highest BCUT2D eigenvalue weighted by atomic mass is 35.5. The minimum absolute atomic E-state index is 0.0584. The molecule has 1 saturated carbocycles. The Balaban J connectivity index is 2.08. The van der Waals surface area contributed by atoms with Gasteiger partial charge in [0.15, 0.2) is 0 Å². The van der Waals surface area contributed by atoms with E-state index in [1.807, 2.05) is 31.2 Å². The van der Waals surface area contributed by atoms with Crippen LogP contribution in [0.25, 0.3) is 0 Å². The second kappa shape index (κ2) is 7.44. The molecule has 1 fully saturated rings. The number of nitrogens with two attached hydrogens (primary N) is 1. The Hall–Kier alpha value is -0.570. The molecule has 20 heavy (non-hydrogen) atoms. The topological polar surface area (TPSA) is 35.2 Å². The highest BCUT2D eigenvalue weighted by Crippen LogP contribution is 2.34. The molecule has 0 aliphatic heterocycles. The van der Waals surface area contributed by atoms with Gasteiger partial charge >= 0.3 is 0 Å². The second-order valence-corrected chi connectivity index (χ2v) is 6.41. The van der Waals surface area contributed by atoms with Crippen LogP contribution in [-0.2, 0) is 4.74 Å². The van der Waals surface area contributed by atoms with Crippen molar-refractivity contribution in [3.05, 3.63) is 34.9 Å². The summed E-state index contributed by atoms with van der Waals surface area (Å²) in [6, 6.07) is 7.81. The van der Waals surface area contributed by atoms with E-state index in [9.17, 15) is 0 Å². The van der Waals surface area contributed by atoms with E-state index in [4.69, 9.17) is 22.1 Å². The highest BCUT2D eigenvalue weighted by molar-refractivity contribution is 6.31. The minimum atomic E-state index is -0.107. The molecule has 3 heteroatoms. The molecule has 2 nitrogen and oxygen atoms in total. The Morgan fingerprint density at radius 2 is 2.10 bits per heavy atom. The first-order valence-electron chi connectivity index (χ1n) is 7.77. The van der Waals surface area contributed by atoms with Crippen molar-refractivity contribution in [1.82, 2.24) is 0 Å². The van der Waals surface area contributed by atoms with Gasteiger partial charge in [0.05, 0.1) is 12.2 Å². The molecule has 2 rings (SSSR count). The summed E-state index contributed by atoms with van der Waals surface area (Å²) in [6.45, 7) is 4.26. The van der Waals surface area contributed by atoms with Crippen LogP contribution in [0.3, 0.4) is 0 Å². The lowest BCUT2D eigenvalue weighted by Gasteiger charge is -2.33. The average Bonchev–Trinajstić information content (AvgIpc) is 2.45. The predicted octanol–water partition coefficient (Wildman–Crippen LogP) is 4.71. The molecule has 0 spiro atoms. The Labute approximate surface area is 127 Å². The second-order valence-electron chi connectivity index (χ2n) is 6.00. The lowest BCUT2D eigenvalue weighted by molar-refractivity contribution is -0.0508. The van der Waals surface area contributed by atoms with E-state index in [1.165, 1.54) is 19.3 Å². The standard InChI is InChI=1S/C17H26ClNO/c1-3-13-7-6-8-14(11-13)20-17(12(2)19)15-9-4-5-10-16(15)18/h4-5,9-10,12-14,17H,3,6-8,11,19H2,1-2H3. The maximum Gasteiger partial charge on any atom is 0.0991 e. The van der Waals surface area contributed by atoms with Crippen molar-refractivity contribution < 1.29 is 4.74 Å². The molecule has 2 N–H and O–H groups in total. The van der Waals surface area contributed by atoms with Gasteiger partial charge in [-0.2, -0.15) is 0 Å². The third kappa shape index (κ3) is 3.97. The zero-order valence-electron chi connectivity index (χ0n) is 12.5. The van der Waals surface area contributed by atoms with Gasteiger partial charge in [-0.3, -0.25) is 0 Å². The SMILES string of the molecule is CCC1CCCC(OC(c2ccccc2Cl)C(C)N)C1. The van der Waals surface area contributed by atoms with Crippen LogP contribution in [0.2, 0.25) is 5.02 Å². The molecule has 0 saturated heterocycles. The average molecular weight is 296 g/mol. The van der Waals surface area contributed by atoms with Crippen LogP contribution in [0.1, 0.15) is 57.6 Å². The van der Waals surface area contributed by atoms with Gasteiger partial charge in [0.2, 0.25) is 0 Å². The molecule has 112 valence electrons. The fourth-order valence-electron chi connectivity index (χ4n) is 3.13. The summed E-state index contributed by atoms with van der Waals surface area (Å²) >= 11 is 6.30. The molecule has 1 aliphatic rings. The molecular weight excluding hydrogens is 270 g/mol. The first-order valence-corrected chi connectivity index (χ1v) is 8.15. The number of halogens is 1. The molecule has 1 aliphatic carbocycles. The molecule has 1 aromatic rings. The number of ether oxygens (including phenoxy) is 1. The number of rotatable bonds is 5. The van der Waals surface area contributed by atoms with Gasteiger partial charge in [-0.25, -0.2) is 0 Å². The van der Waals surface area contributed by atoms with Crippen molar-refractivity contribution in [2.24, 2.45) is 11.7 Å². The Bertz CT molecular complexity index is 421. The summed E-state index contributed by atoms with van der Waals surface area (Å²) in [5.41, 5.74) is 7.15. The molecule has 1 aromatic carbocycles. The maximum atomic E-state index is 6.34. The van der Waals surface area contributed by atoms with Crippen molar-refractivity contribution in [3.8, 4) is 0 Å². The van der Waals surface area contributed by atoms with Crippen molar-refractivity contribution in [2.75, 3.05) is 0 Å². The van der Waals surface area contributed by atoms with Gasteiger partial charge in [0.25, 0.3) is 0 Å². The zero-order valence-corrected chi connectivity index (χ0v) is 13.3. The highest BCUT2D eigenvalue weighted by Gasteiger charge is 2.27. The smallest absolute Gasteiger partial charge is 0.0991 e. The Morgan fingerprint density at radius 1 is 1.35 bits per heavy atom. The Kier molecular flexibility index (Phi) is 5.88. The molecule has 0 aromatic heterocycles. The van der Waals surface area contributed by atoms with Gasteiger partial charge in [0.1, 0.15) is 0 Å². The predicted molar refractivity (Wildman–Crippen MR) is 85.0 cm³/mol. The van der Waals surface area contributed by atoms with Crippen LogP contribution in [0.5, 0.6) is 0 Å². The van der Waals surface area contributed by atoms with E-state index in [1.54, 1.807) is 0 Å². The van der Waals surface area contributed by atoms with E-state index in [-0.39, 0.29) is 12.1 Å². The van der Waals surface area contributed by atoms with Crippen molar-refractivity contribution in [2.45, 2.75) is 64.2 Å². The normalized spacial score (nSPS) is 26.2. The fourth-order valence-corrected chi connectivity index (χ4v) is 3.37. The van der Waals surface area contributed by atoms with Crippen LogP contribution < -0.4 is 5.73 Å². The minimum Gasteiger partial charge on any atom is -0.369 e. The fraction of sp³-hybridized carbons (Fsp3) is 0.647. The summed E-state index contributed by atoms with van der Waals surface area (Å²) in [5.74, 6) is 0.800. The first kappa shape index (κ1) is 15.8. The third-order valence-electron chi connectivity index (χ3n) is 4.34. The van der Waals surface area contributed by atoms with Crippen LogP contribution in [0.15, 0.2) is 24.3 Å². The van der Waals surface area contributed by atoms with Crippen LogP contribution in [-0.4, -0.2) is 12.1 Å². The van der Waals surface area contributed by atoms with Crippen LogP contribution in [0.4, 0.5) is 0 Å². The first-order chi connectivity index (χ1) is 9.61. The molecule has 4 unspecified atom stereocenters. The molecule has 4 atom stereocenters. The van der Waals surface area contributed by atoms with Gasteiger partial charge < -0.3 is 10.5 Å². The molecule has 0 amide bonds. The van der Waals surface area contributed by atoms with E-state index in [0.717, 1.165) is 29.3 Å². The largest absolute Gasteiger partial charge is 0.369 e. The Morgan fingerprint density at radius 3 is 2.75 bits per heavy atom. The van der Waals surface area contributed by atoms with Gasteiger partial charge in [0, 0.05) is 16.6 Å². The molecule has 0 bridgehead atoms. The van der Waals surface area contributed by atoms with E-state index < -0.39 is 0 Å². The zero-order chi connectivity index (χ0) is 14.5. The summed E-state index contributed by atoms with van der Waals surface area (Å²) in [5, 5.41) is 0.748. The lowest BCUT2D eigenvalue weighted by Crippen LogP contribution is -2.32. The van der Waals surface area contributed by atoms with E-state index in [0.29, 0.717) is 6.10 Å². The number of hydrogen-bond acceptors (Lipinski definition) is 2. The maximum absolute atomic E-state index is 6.34. The summed E-state index contributed by atoms with van der Waals surface area (Å²) in [6.07, 6.45) is 6.36. The summed E-state index contributed by atoms with van der Waals surface area (Å²) in [4.78, 5) is 0. The quantitative estimate of drug-likeness (QED) is 0.853. The lowest BCUT2D eigenvalue weighted by atomic mass is 9.85. The molecule has 0 radical (unpaired) electrons. The number of benzene rings is 1. The molecular formula is C17H26ClNO. The monoisotopic (exact) mass is 295 g/mol. The van der Waals surface area contributed by atoms with Crippen molar-refractivity contribution >= 4 is 11.6 Å². The third-order valence-corrected chi connectivity index (χ3v) is 4.68. The van der Waals surface area contributed by atoms with Gasteiger partial charge in [-0.15, -0.1) is 0 Å².